The molecule has 1 atom stereocenters. The van der Waals surface area contributed by atoms with Crippen molar-refractivity contribution in [1.29, 1.82) is 0 Å². The molecule has 3 rings (SSSR count). The van der Waals surface area contributed by atoms with Crippen LogP contribution >= 0.6 is 11.3 Å². The highest BCUT2D eigenvalue weighted by molar-refractivity contribution is 7.12. The predicted octanol–water partition coefficient (Wildman–Crippen LogP) is 3.69. The first kappa shape index (κ1) is 15.7. The van der Waals surface area contributed by atoms with E-state index in [-0.39, 0.29) is 17.9 Å². The first-order valence-corrected chi connectivity index (χ1v) is 8.75. The zero-order valence-corrected chi connectivity index (χ0v) is 13.9. The van der Waals surface area contributed by atoms with Crippen molar-refractivity contribution in [3.05, 3.63) is 52.2 Å². The number of piperidine rings is 1. The number of anilines is 1. The Balaban J connectivity index is 1.75. The Labute approximate surface area is 140 Å². The molecule has 2 heterocycles. The summed E-state index contributed by atoms with van der Waals surface area (Å²) >= 11 is 1.42. The van der Waals surface area contributed by atoms with Crippen LogP contribution in [0.5, 0.6) is 0 Å². The smallest absolute Gasteiger partial charge is 0.264 e. The van der Waals surface area contributed by atoms with Gasteiger partial charge in [0, 0.05) is 12.2 Å². The zero-order chi connectivity index (χ0) is 16.2. The summed E-state index contributed by atoms with van der Waals surface area (Å²) in [4.78, 5) is 27.7. The van der Waals surface area contributed by atoms with Crippen LogP contribution in [0, 0.1) is 6.92 Å². The molecule has 1 N–H and O–H groups in total. The topological polar surface area (TPSA) is 49.4 Å². The van der Waals surface area contributed by atoms with E-state index >= 15 is 0 Å². The highest BCUT2D eigenvalue weighted by atomic mass is 32.1. The molecule has 1 fully saturated rings. The number of amides is 2. The van der Waals surface area contributed by atoms with Gasteiger partial charge in [0.1, 0.15) is 6.04 Å². The second-order valence-electron chi connectivity index (χ2n) is 5.85. The Hall–Kier alpha value is -2.14. The van der Waals surface area contributed by atoms with Crippen molar-refractivity contribution in [2.75, 3.05) is 11.9 Å². The second kappa shape index (κ2) is 6.96. The Kier molecular flexibility index (Phi) is 4.76. The van der Waals surface area contributed by atoms with Gasteiger partial charge in [-0.15, -0.1) is 11.3 Å². The molecule has 23 heavy (non-hydrogen) atoms. The number of aryl methyl sites for hydroxylation is 1. The van der Waals surface area contributed by atoms with Gasteiger partial charge in [0.05, 0.1) is 4.88 Å². The van der Waals surface area contributed by atoms with Crippen LogP contribution in [0.1, 0.15) is 34.5 Å². The maximum atomic E-state index is 12.7. The largest absolute Gasteiger partial charge is 0.326 e. The molecule has 0 saturated carbocycles. The standard InChI is InChI=1S/C18H20N2O2S/c1-13-6-4-7-14(12-13)19-17(21)15-8-2-3-10-20(15)18(22)16-9-5-11-23-16/h4-7,9,11-12,15H,2-3,8,10H2,1H3,(H,19,21)/t15-/m0/s1. The summed E-state index contributed by atoms with van der Waals surface area (Å²) in [6, 6.07) is 11.0. The highest BCUT2D eigenvalue weighted by Crippen LogP contribution is 2.23. The molecular weight excluding hydrogens is 308 g/mol. The number of nitrogens with one attached hydrogen (secondary N) is 1. The number of carbonyl (C=O) groups is 2. The summed E-state index contributed by atoms with van der Waals surface area (Å²) in [6.45, 7) is 2.63. The quantitative estimate of drug-likeness (QED) is 0.934. The molecule has 1 aromatic carbocycles. The maximum Gasteiger partial charge on any atom is 0.264 e. The molecular formula is C18H20N2O2S. The molecule has 0 aliphatic carbocycles. The van der Waals surface area contributed by atoms with E-state index in [1.165, 1.54) is 11.3 Å². The molecule has 2 aromatic rings. The summed E-state index contributed by atoms with van der Waals surface area (Å²) in [5, 5.41) is 4.84. The zero-order valence-electron chi connectivity index (χ0n) is 13.1. The van der Waals surface area contributed by atoms with Gasteiger partial charge in [-0.05, 0) is 55.3 Å². The predicted molar refractivity (Wildman–Crippen MR) is 92.8 cm³/mol. The first-order valence-electron chi connectivity index (χ1n) is 7.87. The van der Waals surface area contributed by atoms with E-state index in [4.69, 9.17) is 0 Å². The third-order valence-electron chi connectivity index (χ3n) is 4.08. The molecule has 0 spiro atoms. The Bertz CT molecular complexity index is 697. The van der Waals surface area contributed by atoms with Crippen molar-refractivity contribution < 1.29 is 9.59 Å². The van der Waals surface area contributed by atoms with Crippen molar-refractivity contribution in [2.24, 2.45) is 0 Å². The molecule has 0 radical (unpaired) electrons. The maximum absolute atomic E-state index is 12.7. The van der Waals surface area contributed by atoms with Crippen LogP contribution in [0.15, 0.2) is 41.8 Å². The molecule has 1 aliphatic rings. The number of likely N-dealkylation sites (tertiary alicyclic amines) is 1. The van der Waals surface area contributed by atoms with Crippen LogP contribution in [0.4, 0.5) is 5.69 Å². The fourth-order valence-corrected chi connectivity index (χ4v) is 3.62. The van der Waals surface area contributed by atoms with E-state index in [0.29, 0.717) is 11.4 Å². The van der Waals surface area contributed by atoms with E-state index < -0.39 is 0 Å². The molecule has 120 valence electrons. The van der Waals surface area contributed by atoms with Crippen molar-refractivity contribution >= 4 is 28.8 Å². The third kappa shape index (κ3) is 3.62. The van der Waals surface area contributed by atoms with Gasteiger partial charge in [0.2, 0.25) is 5.91 Å². The Morgan fingerprint density at radius 2 is 2.09 bits per heavy atom. The van der Waals surface area contributed by atoms with Gasteiger partial charge in [-0.3, -0.25) is 9.59 Å². The normalized spacial score (nSPS) is 17.8. The molecule has 0 bridgehead atoms. The van der Waals surface area contributed by atoms with E-state index in [1.807, 2.05) is 48.7 Å². The fraction of sp³-hybridized carbons (Fsp3) is 0.333. The summed E-state index contributed by atoms with van der Waals surface area (Å²) in [5.74, 6) is -0.135. The summed E-state index contributed by atoms with van der Waals surface area (Å²) < 4.78 is 0. The van der Waals surface area contributed by atoms with Crippen LogP contribution in [-0.2, 0) is 4.79 Å². The Morgan fingerprint density at radius 1 is 1.22 bits per heavy atom. The number of hydrogen-bond acceptors (Lipinski definition) is 3. The summed E-state index contributed by atoms with van der Waals surface area (Å²) in [5.41, 5.74) is 1.88. The van der Waals surface area contributed by atoms with Crippen LogP contribution in [0.3, 0.4) is 0 Å². The molecule has 0 unspecified atom stereocenters. The van der Waals surface area contributed by atoms with Crippen LogP contribution < -0.4 is 5.32 Å². The second-order valence-corrected chi connectivity index (χ2v) is 6.79. The van der Waals surface area contributed by atoms with E-state index in [2.05, 4.69) is 5.32 Å². The van der Waals surface area contributed by atoms with Crippen molar-refractivity contribution in [2.45, 2.75) is 32.2 Å². The molecule has 1 aliphatic heterocycles. The average Bonchev–Trinajstić information content (AvgIpc) is 3.08. The van der Waals surface area contributed by atoms with Crippen LogP contribution in [0.25, 0.3) is 0 Å². The first-order chi connectivity index (χ1) is 11.1. The lowest BCUT2D eigenvalue weighted by atomic mass is 10.0. The average molecular weight is 328 g/mol. The molecule has 1 saturated heterocycles. The minimum Gasteiger partial charge on any atom is -0.326 e. The number of carbonyl (C=O) groups excluding carboxylic acids is 2. The number of benzene rings is 1. The van der Waals surface area contributed by atoms with Gasteiger partial charge in [-0.1, -0.05) is 18.2 Å². The highest BCUT2D eigenvalue weighted by Gasteiger charge is 2.33. The number of rotatable bonds is 3. The third-order valence-corrected chi connectivity index (χ3v) is 4.94. The van der Waals surface area contributed by atoms with Gasteiger partial charge < -0.3 is 10.2 Å². The van der Waals surface area contributed by atoms with E-state index in [9.17, 15) is 9.59 Å². The lowest BCUT2D eigenvalue weighted by Gasteiger charge is -2.34. The van der Waals surface area contributed by atoms with Gasteiger partial charge in [-0.25, -0.2) is 0 Å². The molecule has 1 aromatic heterocycles. The lowest BCUT2D eigenvalue weighted by molar-refractivity contribution is -0.121. The van der Waals surface area contributed by atoms with Gasteiger partial charge in [-0.2, -0.15) is 0 Å². The number of thiophene rings is 1. The van der Waals surface area contributed by atoms with Crippen LogP contribution in [-0.4, -0.2) is 29.3 Å². The Morgan fingerprint density at radius 3 is 2.83 bits per heavy atom. The molecule has 5 heteroatoms. The monoisotopic (exact) mass is 328 g/mol. The molecule has 4 nitrogen and oxygen atoms in total. The number of hydrogen-bond donors (Lipinski definition) is 1. The van der Waals surface area contributed by atoms with Crippen molar-refractivity contribution in [3.8, 4) is 0 Å². The van der Waals surface area contributed by atoms with Gasteiger partial charge >= 0.3 is 0 Å². The minimum atomic E-state index is -0.390. The van der Waals surface area contributed by atoms with Crippen molar-refractivity contribution in [3.63, 3.8) is 0 Å². The van der Waals surface area contributed by atoms with Gasteiger partial charge in [0.25, 0.3) is 5.91 Å². The number of nitrogens with zero attached hydrogens (tertiary/aromatic N) is 1. The lowest BCUT2D eigenvalue weighted by Crippen LogP contribution is -2.49. The van der Waals surface area contributed by atoms with Gasteiger partial charge in [0.15, 0.2) is 0 Å². The summed E-state index contributed by atoms with van der Waals surface area (Å²) in [7, 11) is 0. The molecule has 2 amide bonds. The van der Waals surface area contributed by atoms with E-state index in [1.54, 1.807) is 4.90 Å². The van der Waals surface area contributed by atoms with E-state index in [0.717, 1.165) is 30.5 Å². The van der Waals surface area contributed by atoms with Crippen LogP contribution in [0.2, 0.25) is 0 Å². The van der Waals surface area contributed by atoms with Crippen molar-refractivity contribution in [1.82, 2.24) is 4.90 Å². The fourth-order valence-electron chi connectivity index (χ4n) is 2.94. The SMILES string of the molecule is Cc1cccc(NC(=O)[C@@H]2CCCCN2C(=O)c2cccs2)c1. The summed E-state index contributed by atoms with van der Waals surface area (Å²) in [6.07, 6.45) is 2.64. The minimum absolute atomic E-state index is 0.0379.